The van der Waals surface area contributed by atoms with E-state index in [1.165, 1.54) is 0 Å². The summed E-state index contributed by atoms with van der Waals surface area (Å²) in [5.74, 6) is 1.56. The summed E-state index contributed by atoms with van der Waals surface area (Å²) >= 11 is 0. The van der Waals surface area contributed by atoms with Crippen LogP contribution >= 0.6 is 0 Å². The average Bonchev–Trinajstić information content (AvgIpc) is 3.10. The number of aromatic amines is 1. The maximum atomic E-state index is 5.70. The number of nitrogens with zero attached hydrogens (tertiary/aromatic N) is 3. The minimum absolute atomic E-state index is 0.666. The zero-order chi connectivity index (χ0) is 15.2. The monoisotopic (exact) mass is 294 g/mol. The van der Waals surface area contributed by atoms with Crippen molar-refractivity contribution in [2.24, 2.45) is 0 Å². The smallest absolute Gasteiger partial charge is 0.180 e. The zero-order valence-electron chi connectivity index (χ0n) is 12.5. The molecule has 5 nitrogen and oxygen atoms in total. The Bertz CT molecular complexity index is 708. The lowest BCUT2D eigenvalue weighted by Gasteiger charge is -2.09. The molecule has 2 aromatic carbocycles. The van der Waals surface area contributed by atoms with Crippen LogP contribution in [-0.4, -0.2) is 27.2 Å². The normalized spacial score (nSPS) is 10.6. The third kappa shape index (κ3) is 3.14. The van der Waals surface area contributed by atoms with Crippen molar-refractivity contribution in [3.63, 3.8) is 0 Å². The summed E-state index contributed by atoms with van der Waals surface area (Å²) in [5.41, 5.74) is 3.17. The van der Waals surface area contributed by atoms with Crippen molar-refractivity contribution in [2.75, 3.05) is 6.61 Å². The van der Waals surface area contributed by atoms with E-state index in [-0.39, 0.29) is 0 Å². The van der Waals surface area contributed by atoms with Crippen molar-refractivity contribution >= 4 is 0 Å². The molecule has 0 amide bonds. The maximum Gasteiger partial charge on any atom is 0.180 e. The molecule has 1 heterocycles. The molecule has 3 aromatic rings. The third-order valence-corrected chi connectivity index (χ3v) is 3.46. The summed E-state index contributed by atoms with van der Waals surface area (Å²) in [6.45, 7) is 2.91. The quantitative estimate of drug-likeness (QED) is 0.704. The van der Waals surface area contributed by atoms with Crippen molar-refractivity contribution in [3.8, 4) is 28.3 Å². The molecule has 0 spiro atoms. The predicted octanol–water partition coefficient (Wildman–Crippen LogP) is 3.71. The zero-order valence-corrected chi connectivity index (χ0v) is 12.5. The van der Waals surface area contributed by atoms with E-state index in [4.69, 9.17) is 4.74 Å². The van der Waals surface area contributed by atoms with Crippen LogP contribution in [0.3, 0.4) is 0 Å². The van der Waals surface area contributed by atoms with Gasteiger partial charge < -0.3 is 4.74 Å². The Labute approximate surface area is 129 Å². The Morgan fingerprint density at radius 2 is 1.77 bits per heavy atom. The number of ether oxygens (including phenoxy) is 1. The Hall–Kier alpha value is -2.69. The van der Waals surface area contributed by atoms with E-state index in [9.17, 15) is 0 Å². The molecule has 0 unspecified atom stereocenters. The molecule has 5 heteroatoms. The minimum Gasteiger partial charge on any atom is -0.494 e. The highest BCUT2D eigenvalue weighted by molar-refractivity contribution is 5.80. The molecule has 0 atom stereocenters. The standard InChI is InChI=1S/C17H18N4O/c1-2-3-12-22-14-10-8-13(9-11-14)15-6-4-5-7-16(15)17-18-20-21-19-17/h4-11H,2-3,12H2,1H3,(H,18,19,20,21). The summed E-state index contributed by atoms with van der Waals surface area (Å²) in [6, 6.07) is 16.2. The van der Waals surface area contributed by atoms with Crippen molar-refractivity contribution in [1.29, 1.82) is 0 Å². The van der Waals surface area contributed by atoms with Gasteiger partial charge in [0.2, 0.25) is 0 Å². The van der Waals surface area contributed by atoms with E-state index in [0.29, 0.717) is 5.82 Å². The number of unbranched alkanes of at least 4 members (excludes halogenated alkanes) is 1. The lowest BCUT2D eigenvalue weighted by atomic mass is 9.99. The van der Waals surface area contributed by atoms with E-state index < -0.39 is 0 Å². The molecule has 22 heavy (non-hydrogen) atoms. The van der Waals surface area contributed by atoms with E-state index in [1.807, 2.05) is 30.3 Å². The van der Waals surface area contributed by atoms with Gasteiger partial charge in [-0.15, -0.1) is 5.10 Å². The topological polar surface area (TPSA) is 63.7 Å². The van der Waals surface area contributed by atoms with Gasteiger partial charge in [0, 0.05) is 5.56 Å². The predicted molar refractivity (Wildman–Crippen MR) is 85.5 cm³/mol. The summed E-state index contributed by atoms with van der Waals surface area (Å²) in [6.07, 6.45) is 2.21. The highest BCUT2D eigenvalue weighted by Crippen LogP contribution is 2.30. The highest BCUT2D eigenvalue weighted by atomic mass is 16.5. The SMILES string of the molecule is CCCCOc1ccc(-c2ccccc2-c2nnn[nH]2)cc1. The molecule has 0 aliphatic heterocycles. The number of aromatic nitrogens is 4. The van der Waals surface area contributed by atoms with Crippen LogP contribution in [0.25, 0.3) is 22.5 Å². The molecule has 0 saturated carbocycles. The average molecular weight is 294 g/mol. The van der Waals surface area contributed by atoms with Crippen LogP contribution in [0.15, 0.2) is 48.5 Å². The highest BCUT2D eigenvalue weighted by Gasteiger charge is 2.09. The number of hydrogen-bond acceptors (Lipinski definition) is 4. The molecule has 3 rings (SSSR count). The van der Waals surface area contributed by atoms with Gasteiger partial charge in [0.15, 0.2) is 5.82 Å². The molecule has 112 valence electrons. The lowest BCUT2D eigenvalue weighted by molar-refractivity contribution is 0.309. The van der Waals surface area contributed by atoms with Gasteiger partial charge in [-0.05, 0) is 40.1 Å². The van der Waals surface area contributed by atoms with Crippen molar-refractivity contribution < 1.29 is 4.74 Å². The number of hydrogen-bond donors (Lipinski definition) is 1. The molecule has 0 bridgehead atoms. The molecule has 0 aliphatic carbocycles. The first-order chi connectivity index (χ1) is 10.9. The lowest BCUT2D eigenvalue weighted by Crippen LogP contribution is -1.96. The first kappa shape index (κ1) is 14.3. The number of rotatable bonds is 6. The van der Waals surface area contributed by atoms with E-state index >= 15 is 0 Å². The molecular weight excluding hydrogens is 276 g/mol. The van der Waals surface area contributed by atoms with Crippen LogP contribution in [0.1, 0.15) is 19.8 Å². The Kier molecular flexibility index (Phi) is 4.44. The van der Waals surface area contributed by atoms with Crippen molar-refractivity contribution in [1.82, 2.24) is 20.6 Å². The molecule has 0 aliphatic rings. The van der Waals surface area contributed by atoms with E-state index in [2.05, 4.69) is 45.7 Å². The molecule has 0 fully saturated rings. The summed E-state index contributed by atoms with van der Waals surface area (Å²) in [7, 11) is 0. The molecule has 1 N–H and O–H groups in total. The van der Waals surface area contributed by atoms with E-state index in [1.54, 1.807) is 0 Å². The molecule has 1 aromatic heterocycles. The van der Waals surface area contributed by atoms with Gasteiger partial charge in [0.25, 0.3) is 0 Å². The van der Waals surface area contributed by atoms with Gasteiger partial charge in [-0.1, -0.05) is 49.7 Å². The molecular formula is C17H18N4O. The number of benzene rings is 2. The van der Waals surface area contributed by atoms with Crippen LogP contribution in [-0.2, 0) is 0 Å². The summed E-state index contributed by atoms with van der Waals surface area (Å²) in [4.78, 5) is 0. The van der Waals surface area contributed by atoms with Crippen molar-refractivity contribution in [3.05, 3.63) is 48.5 Å². The minimum atomic E-state index is 0.666. The summed E-state index contributed by atoms with van der Waals surface area (Å²) in [5, 5.41) is 14.1. The van der Waals surface area contributed by atoms with Gasteiger partial charge in [0.1, 0.15) is 5.75 Å². The van der Waals surface area contributed by atoms with E-state index in [0.717, 1.165) is 41.9 Å². The Balaban J connectivity index is 1.86. The second kappa shape index (κ2) is 6.85. The fourth-order valence-electron chi connectivity index (χ4n) is 2.28. The van der Waals surface area contributed by atoms with Gasteiger partial charge in [-0.3, -0.25) is 0 Å². The fourth-order valence-corrected chi connectivity index (χ4v) is 2.28. The third-order valence-electron chi connectivity index (χ3n) is 3.46. The number of nitrogens with one attached hydrogen (secondary N) is 1. The second-order valence-corrected chi connectivity index (χ2v) is 5.02. The Morgan fingerprint density at radius 1 is 1.00 bits per heavy atom. The maximum absolute atomic E-state index is 5.70. The van der Waals surface area contributed by atoms with Crippen LogP contribution in [0, 0.1) is 0 Å². The number of H-pyrrole nitrogens is 1. The first-order valence-corrected chi connectivity index (χ1v) is 7.45. The largest absolute Gasteiger partial charge is 0.494 e. The summed E-state index contributed by atoms with van der Waals surface area (Å²) < 4.78 is 5.70. The van der Waals surface area contributed by atoms with Gasteiger partial charge in [-0.25, -0.2) is 5.10 Å². The second-order valence-electron chi connectivity index (χ2n) is 5.02. The molecule has 0 saturated heterocycles. The fraction of sp³-hybridized carbons (Fsp3) is 0.235. The molecule has 0 radical (unpaired) electrons. The van der Waals surface area contributed by atoms with Crippen LogP contribution in [0.4, 0.5) is 0 Å². The Morgan fingerprint density at radius 3 is 2.45 bits per heavy atom. The van der Waals surface area contributed by atoms with Crippen LogP contribution in [0.5, 0.6) is 5.75 Å². The van der Waals surface area contributed by atoms with Crippen LogP contribution < -0.4 is 4.74 Å². The first-order valence-electron chi connectivity index (χ1n) is 7.45. The van der Waals surface area contributed by atoms with Gasteiger partial charge >= 0.3 is 0 Å². The number of tetrazole rings is 1. The van der Waals surface area contributed by atoms with Gasteiger partial charge in [0.05, 0.1) is 6.61 Å². The van der Waals surface area contributed by atoms with Gasteiger partial charge in [-0.2, -0.15) is 0 Å². The van der Waals surface area contributed by atoms with Crippen LogP contribution in [0.2, 0.25) is 0 Å². The van der Waals surface area contributed by atoms with Crippen molar-refractivity contribution in [2.45, 2.75) is 19.8 Å².